The topological polar surface area (TPSA) is 167 Å². The highest BCUT2D eigenvalue weighted by Crippen LogP contribution is 2.70. The molecule has 11 unspecified atom stereocenters. The molecule has 2 heterocycles. The number of fused-ring (bicyclic) bond motifs is 3. The molecule has 2 saturated heterocycles. The number of carbonyl (C=O) groups excluding carboxylic acids is 3. The van der Waals surface area contributed by atoms with E-state index in [2.05, 4.69) is 0 Å². The second-order valence-corrected chi connectivity index (χ2v) is 14.0. The molecular formula is C33H42O12. The second-order valence-electron chi connectivity index (χ2n) is 14.0. The minimum Gasteiger partial charge on any atom is -0.462 e. The third kappa shape index (κ3) is 4.44. The first-order valence-corrected chi connectivity index (χ1v) is 15.3. The van der Waals surface area contributed by atoms with Gasteiger partial charge < -0.3 is 43.7 Å². The highest BCUT2D eigenvalue weighted by molar-refractivity contribution is 5.89. The average molecular weight is 631 g/mol. The van der Waals surface area contributed by atoms with E-state index in [1.165, 1.54) is 13.8 Å². The molecule has 12 nitrogen and oxygen atoms in total. The van der Waals surface area contributed by atoms with E-state index < -0.39 is 88.5 Å². The van der Waals surface area contributed by atoms with Crippen LogP contribution in [0.1, 0.15) is 71.7 Å². The Morgan fingerprint density at radius 3 is 2.20 bits per heavy atom. The van der Waals surface area contributed by atoms with Crippen LogP contribution in [-0.4, -0.2) is 93.6 Å². The lowest BCUT2D eigenvalue weighted by atomic mass is 9.50. The molecule has 2 saturated carbocycles. The van der Waals surface area contributed by atoms with Crippen LogP contribution in [0.4, 0.5) is 0 Å². The normalized spacial score (nSPS) is 43.6. The highest BCUT2D eigenvalue weighted by atomic mass is 16.9. The Kier molecular flexibility index (Phi) is 7.36. The number of rotatable bonds is 5. The number of hydrogen-bond donors (Lipinski definition) is 3. The van der Waals surface area contributed by atoms with Gasteiger partial charge in [0.1, 0.15) is 30.0 Å². The lowest BCUT2D eigenvalue weighted by Gasteiger charge is -2.63. The summed E-state index contributed by atoms with van der Waals surface area (Å²) in [5, 5.41) is 36.0. The molecule has 3 N–H and O–H groups in total. The van der Waals surface area contributed by atoms with Gasteiger partial charge in [-0.15, -0.1) is 0 Å². The standard InChI is InChI=1S/C33H42O12/c1-16-20(36)14-32(29(4,5)39)23(16)24(37)26(43-28(38)19-11-9-8-10-12-19)30(6)21(41-17(2)34)13-22(42-18(3)35)33-15-40-31(7,45-33)44-27(32)25(30)33/h8-12,20-22,24-27,36-37,39H,13-15H2,1-7H3. The third-order valence-corrected chi connectivity index (χ3v) is 11.0. The van der Waals surface area contributed by atoms with Gasteiger partial charge in [-0.05, 0) is 50.5 Å². The smallest absolute Gasteiger partial charge is 0.338 e. The van der Waals surface area contributed by atoms with Gasteiger partial charge in [0.2, 0.25) is 0 Å². The molecule has 0 amide bonds. The first kappa shape index (κ1) is 32.1. The number of benzene rings is 1. The quantitative estimate of drug-likeness (QED) is 0.247. The van der Waals surface area contributed by atoms with Crippen molar-refractivity contribution in [2.75, 3.05) is 6.61 Å². The van der Waals surface area contributed by atoms with E-state index >= 15 is 0 Å². The van der Waals surface area contributed by atoms with Crippen molar-refractivity contribution in [3.05, 3.63) is 47.0 Å². The van der Waals surface area contributed by atoms with E-state index in [4.69, 9.17) is 28.4 Å². The molecule has 12 heteroatoms. The maximum Gasteiger partial charge on any atom is 0.338 e. The van der Waals surface area contributed by atoms with Gasteiger partial charge in [-0.25, -0.2) is 4.79 Å². The molecule has 4 fully saturated rings. The predicted molar refractivity (Wildman–Crippen MR) is 154 cm³/mol. The molecule has 246 valence electrons. The number of carbonyl (C=O) groups is 3. The van der Waals surface area contributed by atoms with Crippen molar-refractivity contribution in [3.63, 3.8) is 0 Å². The number of aliphatic hydroxyl groups is 3. The van der Waals surface area contributed by atoms with Gasteiger partial charge in [-0.3, -0.25) is 9.59 Å². The number of hydrogen-bond acceptors (Lipinski definition) is 12. The van der Waals surface area contributed by atoms with E-state index in [1.54, 1.807) is 65.0 Å². The summed E-state index contributed by atoms with van der Waals surface area (Å²) in [6.07, 6.45) is -7.42. The summed E-state index contributed by atoms with van der Waals surface area (Å²) in [7, 11) is 0. The van der Waals surface area contributed by atoms with Crippen LogP contribution in [0.3, 0.4) is 0 Å². The van der Waals surface area contributed by atoms with Crippen molar-refractivity contribution in [1.82, 2.24) is 0 Å². The van der Waals surface area contributed by atoms with Crippen LogP contribution in [0.2, 0.25) is 0 Å². The van der Waals surface area contributed by atoms with Gasteiger partial charge in [0.25, 0.3) is 5.97 Å². The summed E-state index contributed by atoms with van der Waals surface area (Å²) >= 11 is 0. The Morgan fingerprint density at radius 1 is 0.978 bits per heavy atom. The first-order chi connectivity index (χ1) is 20.9. The maximum absolute atomic E-state index is 13.8. The van der Waals surface area contributed by atoms with Crippen LogP contribution in [0.5, 0.6) is 0 Å². The molecule has 1 aromatic rings. The fourth-order valence-electron chi connectivity index (χ4n) is 9.18. The first-order valence-electron chi connectivity index (χ1n) is 15.3. The predicted octanol–water partition coefficient (Wildman–Crippen LogP) is 2.17. The molecule has 1 spiro atoms. The molecule has 2 bridgehead atoms. The largest absolute Gasteiger partial charge is 0.462 e. The van der Waals surface area contributed by atoms with Gasteiger partial charge in [0, 0.05) is 33.1 Å². The van der Waals surface area contributed by atoms with Crippen LogP contribution in [0.25, 0.3) is 0 Å². The van der Waals surface area contributed by atoms with E-state index in [-0.39, 0.29) is 30.6 Å². The fourth-order valence-corrected chi connectivity index (χ4v) is 9.18. The van der Waals surface area contributed by atoms with Crippen molar-refractivity contribution in [1.29, 1.82) is 0 Å². The Bertz CT molecular complexity index is 1430. The molecule has 2 aliphatic heterocycles. The van der Waals surface area contributed by atoms with Crippen molar-refractivity contribution < 1.29 is 58.1 Å². The zero-order valence-electron chi connectivity index (χ0n) is 26.6. The van der Waals surface area contributed by atoms with Crippen LogP contribution in [0, 0.1) is 16.7 Å². The van der Waals surface area contributed by atoms with Crippen molar-refractivity contribution in [3.8, 4) is 0 Å². The van der Waals surface area contributed by atoms with E-state index in [0.717, 1.165) is 0 Å². The lowest BCUT2D eigenvalue weighted by Crippen LogP contribution is -2.76. The van der Waals surface area contributed by atoms with Gasteiger partial charge in [-0.2, -0.15) is 0 Å². The molecular weight excluding hydrogens is 588 g/mol. The summed E-state index contributed by atoms with van der Waals surface area (Å²) in [6, 6.07) is 8.26. The monoisotopic (exact) mass is 630 g/mol. The SMILES string of the molecule is CC(=O)OC1CC(OC(C)=O)C2(C)C(OC(=O)c3ccccc3)C(O)C3=C(C)C(O)CC3(C(C)(C)O)C3OC4(C)OCC1(O4)C32. The molecule has 45 heavy (non-hydrogen) atoms. The minimum atomic E-state index is -1.66. The molecule has 5 aliphatic rings. The second kappa shape index (κ2) is 10.3. The zero-order valence-corrected chi connectivity index (χ0v) is 26.6. The lowest BCUT2D eigenvalue weighted by molar-refractivity contribution is -0.435. The van der Waals surface area contributed by atoms with Gasteiger partial charge in [-0.1, -0.05) is 25.1 Å². The highest BCUT2D eigenvalue weighted by Gasteiger charge is 2.82. The van der Waals surface area contributed by atoms with Crippen LogP contribution >= 0.6 is 0 Å². The summed E-state index contributed by atoms with van der Waals surface area (Å²) < 4.78 is 37.6. The summed E-state index contributed by atoms with van der Waals surface area (Å²) in [5.74, 6) is -4.65. The zero-order chi connectivity index (χ0) is 32.9. The van der Waals surface area contributed by atoms with Gasteiger partial charge in [0.05, 0.1) is 40.8 Å². The van der Waals surface area contributed by atoms with Crippen LogP contribution in [0.15, 0.2) is 41.5 Å². The van der Waals surface area contributed by atoms with Crippen LogP contribution < -0.4 is 0 Å². The van der Waals surface area contributed by atoms with Crippen molar-refractivity contribution in [2.24, 2.45) is 16.7 Å². The number of ether oxygens (including phenoxy) is 6. The van der Waals surface area contributed by atoms with Crippen molar-refractivity contribution in [2.45, 2.75) is 115 Å². The number of esters is 3. The summed E-state index contributed by atoms with van der Waals surface area (Å²) in [6.45, 7) is 10.5. The molecule has 0 radical (unpaired) electrons. The molecule has 3 aliphatic carbocycles. The summed E-state index contributed by atoms with van der Waals surface area (Å²) in [4.78, 5) is 39.0. The Hall–Kier alpha value is -2.87. The van der Waals surface area contributed by atoms with Crippen molar-refractivity contribution >= 4 is 17.9 Å². The maximum atomic E-state index is 13.8. The Morgan fingerprint density at radius 2 is 1.60 bits per heavy atom. The molecule has 0 aromatic heterocycles. The third-order valence-electron chi connectivity index (χ3n) is 11.0. The minimum absolute atomic E-state index is 0.0477. The summed E-state index contributed by atoms with van der Waals surface area (Å²) in [5.41, 5.74) is -5.19. The van der Waals surface area contributed by atoms with E-state index in [1.807, 2.05) is 0 Å². The molecule has 11 atom stereocenters. The van der Waals surface area contributed by atoms with E-state index in [0.29, 0.717) is 5.57 Å². The van der Waals surface area contributed by atoms with Gasteiger partial charge >= 0.3 is 17.9 Å². The van der Waals surface area contributed by atoms with Crippen LogP contribution in [-0.2, 0) is 38.0 Å². The van der Waals surface area contributed by atoms with Gasteiger partial charge in [0.15, 0.2) is 0 Å². The average Bonchev–Trinajstić information content (AvgIpc) is 3.36. The molecule has 1 aromatic carbocycles. The molecule has 6 rings (SSSR count). The number of aliphatic hydroxyl groups excluding tert-OH is 2. The Balaban J connectivity index is 1.67. The Labute approximate surface area is 261 Å². The van der Waals surface area contributed by atoms with E-state index in [9.17, 15) is 29.7 Å². The fraction of sp³-hybridized carbons (Fsp3) is 0.667.